The van der Waals surface area contributed by atoms with Crippen molar-refractivity contribution >= 4 is 67.3 Å². The summed E-state index contributed by atoms with van der Waals surface area (Å²) in [5.74, 6) is 1.06. The molecule has 2 heterocycles. The van der Waals surface area contributed by atoms with Gasteiger partial charge in [-0.3, -0.25) is 19.3 Å². The van der Waals surface area contributed by atoms with Crippen LogP contribution in [-0.4, -0.2) is 48.3 Å². The average molecular weight is 676 g/mol. The molecule has 2 aliphatic rings. The van der Waals surface area contributed by atoms with Gasteiger partial charge in [-0.25, -0.2) is 0 Å². The van der Waals surface area contributed by atoms with Crippen LogP contribution in [0.4, 0.5) is 10.5 Å². The summed E-state index contributed by atoms with van der Waals surface area (Å²) < 4.78 is 23.8. The van der Waals surface area contributed by atoms with Gasteiger partial charge in [-0.05, 0) is 86.9 Å². The van der Waals surface area contributed by atoms with Crippen LogP contribution in [0.2, 0.25) is 0 Å². The molecule has 4 aromatic carbocycles. The number of carbonyl (C=O) groups is 3. The predicted octanol–water partition coefficient (Wildman–Crippen LogP) is 7.03. The first-order valence-corrected chi connectivity index (χ1v) is 15.5. The predicted molar refractivity (Wildman–Crippen MR) is 172 cm³/mol. The molecule has 0 spiro atoms. The van der Waals surface area contributed by atoms with Crippen LogP contribution in [0.1, 0.15) is 18.1 Å². The van der Waals surface area contributed by atoms with E-state index in [4.69, 9.17) is 18.9 Å². The van der Waals surface area contributed by atoms with Gasteiger partial charge in [0.2, 0.25) is 5.91 Å². The summed E-state index contributed by atoms with van der Waals surface area (Å²) in [5, 5.41) is 4.41. The highest BCUT2D eigenvalue weighted by Crippen LogP contribution is 2.40. The molecule has 6 rings (SSSR count). The van der Waals surface area contributed by atoms with Crippen molar-refractivity contribution in [1.82, 2.24) is 4.90 Å². The second-order valence-electron chi connectivity index (χ2n) is 9.86. The van der Waals surface area contributed by atoms with E-state index in [1.54, 1.807) is 36.4 Å². The number of benzene rings is 4. The van der Waals surface area contributed by atoms with E-state index in [9.17, 15) is 14.4 Å². The summed E-state index contributed by atoms with van der Waals surface area (Å²) in [6.07, 6.45) is 1.60. The maximum atomic E-state index is 13.2. The summed E-state index contributed by atoms with van der Waals surface area (Å²) >= 11 is 4.37. The summed E-state index contributed by atoms with van der Waals surface area (Å²) in [6, 6.07) is 22.8. The summed E-state index contributed by atoms with van der Waals surface area (Å²) in [6.45, 7) is 3.04. The Morgan fingerprint density at radius 1 is 1.00 bits per heavy atom. The van der Waals surface area contributed by atoms with Gasteiger partial charge in [0.1, 0.15) is 26.4 Å². The molecule has 44 heavy (non-hydrogen) atoms. The molecule has 9 nitrogen and oxygen atoms in total. The van der Waals surface area contributed by atoms with Crippen LogP contribution in [0.25, 0.3) is 16.8 Å². The molecular weight excluding hydrogens is 648 g/mol. The highest BCUT2D eigenvalue weighted by Gasteiger charge is 2.36. The molecule has 0 bridgehead atoms. The van der Waals surface area contributed by atoms with Gasteiger partial charge >= 0.3 is 0 Å². The Kier molecular flexibility index (Phi) is 8.76. The molecule has 0 radical (unpaired) electrons. The van der Waals surface area contributed by atoms with E-state index in [0.717, 1.165) is 33.0 Å². The number of nitrogens with zero attached hydrogens (tertiary/aromatic N) is 1. The smallest absolute Gasteiger partial charge is 0.294 e. The van der Waals surface area contributed by atoms with Crippen molar-refractivity contribution < 1.29 is 33.3 Å². The minimum atomic E-state index is -0.553. The van der Waals surface area contributed by atoms with Crippen molar-refractivity contribution in [3.63, 3.8) is 0 Å². The molecule has 2 aliphatic heterocycles. The third kappa shape index (κ3) is 6.39. The van der Waals surface area contributed by atoms with E-state index in [2.05, 4.69) is 39.4 Å². The minimum absolute atomic E-state index is 0.195. The standard InChI is InChI=1S/C33H27BrN2O7S/c1-2-40-28-15-20(14-25(34)31(28)43-19-22-8-5-7-21-6-3-4-9-24(21)22)16-29-32(38)36(33(39)44-29)18-30(37)35-23-10-11-26-27(17-23)42-13-12-41-26/h3-11,14-17H,2,12-13,18-19H2,1H3,(H,35,37)/b29-16+. The second kappa shape index (κ2) is 13.0. The van der Waals surface area contributed by atoms with Gasteiger partial charge in [-0.1, -0.05) is 42.5 Å². The van der Waals surface area contributed by atoms with Gasteiger partial charge in [0.05, 0.1) is 16.0 Å². The number of hydrogen-bond acceptors (Lipinski definition) is 8. The van der Waals surface area contributed by atoms with E-state index in [1.807, 2.05) is 31.2 Å². The molecule has 0 saturated carbocycles. The normalized spacial score (nSPS) is 15.1. The van der Waals surface area contributed by atoms with Gasteiger partial charge in [0.15, 0.2) is 23.0 Å². The third-order valence-corrected chi connectivity index (χ3v) is 8.38. The van der Waals surface area contributed by atoms with Gasteiger partial charge in [0.25, 0.3) is 11.1 Å². The van der Waals surface area contributed by atoms with Crippen LogP contribution < -0.4 is 24.3 Å². The molecule has 0 aliphatic carbocycles. The lowest BCUT2D eigenvalue weighted by Gasteiger charge is -2.19. The molecule has 0 aromatic heterocycles. The molecule has 1 N–H and O–H groups in total. The van der Waals surface area contributed by atoms with Crippen molar-refractivity contribution in [1.29, 1.82) is 0 Å². The van der Waals surface area contributed by atoms with Crippen molar-refractivity contribution in [3.8, 4) is 23.0 Å². The number of rotatable bonds is 9. The van der Waals surface area contributed by atoms with Crippen molar-refractivity contribution in [2.75, 3.05) is 31.7 Å². The Morgan fingerprint density at radius 3 is 2.64 bits per heavy atom. The largest absolute Gasteiger partial charge is 0.490 e. The van der Waals surface area contributed by atoms with Crippen LogP contribution in [-0.2, 0) is 16.2 Å². The molecular formula is C33H27BrN2O7S. The lowest BCUT2D eigenvalue weighted by atomic mass is 10.1. The monoisotopic (exact) mass is 674 g/mol. The van der Waals surface area contributed by atoms with Crippen molar-refractivity contribution in [3.05, 3.63) is 93.3 Å². The number of ether oxygens (including phenoxy) is 4. The Balaban J connectivity index is 1.16. The van der Waals surface area contributed by atoms with Gasteiger partial charge < -0.3 is 24.3 Å². The molecule has 0 unspecified atom stereocenters. The van der Waals surface area contributed by atoms with E-state index < -0.39 is 23.6 Å². The van der Waals surface area contributed by atoms with Crippen LogP contribution >= 0.6 is 27.7 Å². The highest BCUT2D eigenvalue weighted by atomic mass is 79.9. The number of imide groups is 1. The van der Waals surface area contributed by atoms with E-state index >= 15 is 0 Å². The van der Waals surface area contributed by atoms with Gasteiger partial charge in [-0.15, -0.1) is 0 Å². The summed E-state index contributed by atoms with van der Waals surface area (Å²) in [7, 11) is 0. The topological polar surface area (TPSA) is 103 Å². The number of thioether (sulfide) groups is 1. The highest BCUT2D eigenvalue weighted by molar-refractivity contribution is 9.10. The zero-order chi connectivity index (χ0) is 30.6. The van der Waals surface area contributed by atoms with Crippen LogP contribution in [0.15, 0.2) is 82.2 Å². The Bertz CT molecular complexity index is 1800. The summed E-state index contributed by atoms with van der Waals surface area (Å²) in [4.78, 5) is 39.7. The number of nitrogens with one attached hydrogen (secondary N) is 1. The number of anilines is 1. The zero-order valence-electron chi connectivity index (χ0n) is 23.6. The van der Waals surface area contributed by atoms with Gasteiger partial charge in [-0.2, -0.15) is 0 Å². The fraction of sp³-hybridized carbons (Fsp3) is 0.182. The van der Waals surface area contributed by atoms with Crippen molar-refractivity contribution in [2.24, 2.45) is 0 Å². The average Bonchev–Trinajstić information content (AvgIpc) is 3.27. The Labute approximate surface area is 266 Å². The number of halogens is 1. The van der Waals surface area contributed by atoms with Crippen LogP contribution in [0.5, 0.6) is 23.0 Å². The molecule has 0 atom stereocenters. The number of fused-ring (bicyclic) bond motifs is 2. The number of carbonyl (C=O) groups excluding carboxylic acids is 3. The first-order valence-electron chi connectivity index (χ1n) is 13.9. The molecule has 1 fully saturated rings. The van der Waals surface area contributed by atoms with E-state index in [0.29, 0.717) is 65.1 Å². The van der Waals surface area contributed by atoms with Crippen LogP contribution in [0, 0.1) is 0 Å². The lowest BCUT2D eigenvalue weighted by Crippen LogP contribution is -2.36. The molecule has 3 amide bonds. The third-order valence-electron chi connectivity index (χ3n) is 6.88. The first-order chi connectivity index (χ1) is 21.4. The molecule has 4 aromatic rings. The van der Waals surface area contributed by atoms with E-state index in [-0.39, 0.29) is 4.91 Å². The Hall–Kier alpha value is -4.48. The maximum Gasteiger partial charge on any atom is 0.294 e. The number of hydrogen-bond donors (Lipinski definition) is 1. The fourth-order valence-electron chi connectivity index (χ4n) is 4.90. The molecule has 224 valence electrons. The van der Waals surface area contributed by atoms with Crippen LogP contribution in [0.3, 0.4) is 0 Å². The summed E-state index contributed by atoms with van der Waals surface area (Å²) in [5.41, 5.74) is 2.13. The quantitative estimate of drug-likeness (QED) is 0.189. The van der Waals surface area contributed by atoms with E-state index in [1.165, 1.54) is 0 Å². The number of amides is 3. The SMILES string of the molecule is CCOc1cc(/C=C2/SC(=O)N(CC(=O)Nc3ccc4c(c3)OCCO4)C2=O)cc(Br)c1OCc1cccc2ccccc12. The second-order valence-corrected chi connectivity index (χ2v) is 11.7. The maximum absolute atomic E-state index is 13.2. The zero-order valence-corrected chi connectivity index (χ0v) is 26.0. The van der Waals surface area contributed by atoms with Gasteiger partial charge in [0, 0.05) is 11.8 Å². The van der Waals surface area contributed by atoms with Crippen molar-refractivity contribution in [2.45, 2.75) is 13.5 Å². The first kappa shape index (κ1) is 29.6. The Morgan fingerprint density at radius 2 is 1.80 bits per heavy atom. The minimum Gasteiger partial charge on any atom is -0.490 e. The lowest BCUT2D eigenvalue weighted by molar-refractivity contribution is -0.127. The molecule has 11 heteroatoms. The molecule has 1 saturated heterocycles. The fourth-order valence-corrected chi connectivity index (χ4v) is 6.31.